The molecule has 8 heteroatoms. The highest BCUT2D eigenvalue weighted by Crippen LogP contribution is 2.51. The predicted octanol–water partition coefficient (Wildman–Crippen LogP) is 5.44. The van der Waals surface area contributed by atoms with Crippen molar-refractivity contribution in [3.05, 3.63) is 118 Å². The van der Waals surface area contributed by atoms with E-state index >= 15 is 0 Å². The fraction of sp³-hybridized carbons (Fsp3) is 0.371. The van der Waals surface area contributed by atoms with Gasteiger partial charge in [-0.3, -0.25) is 4.79 Å². The summed E-state index contributed by atoms with van der Waals surface area (Å²) in [6.07, 6.45) is 12.6. The summed E-state index contributed by atoms with van der Waals surface area (Å²) in [4.78, 5) is 40.4. The third kappa shape index (κ3) is 7.38. The van der Waals surface area contributed by atoms with Crippen LogP contribution in [-0.4, -0.2) is 44.8 Å². The maximum atomic E-state index is 11.6. The van der Waals surface area contributed by atoms with Crippen LogP contribution < -0.4 is 5.73 Å². The van der Waals surface area contributed by atoms with Crippen LogP contribution in [0.4, 0.5) is 0 Å². The normalized spacial score (nSPS) is 15.5. The topological polar surface area (TPSA) is 121 Å². The summed E-state index contributed by atoms with van der Waals surface area (Å²) < 4.78 is 4.94. The van der Waals surface area contributed by atoms with Crippen LogP contribution in [0.3, 0.4) is 0 Å². The molecule has 222 valence electrons. The maximum absolute atomic E-state index is 11.6. The molecule has 2 N–H and O–H groups in total. The molecule has 2 aliphatic rings. The number of hydrogen-bond donors (Lipinski definition) is 1. The summed E-state index contributed by atoms with van der Waals surface area (Å²) in [7, 11) is 0. The molecule has 2 aliphatic carbocycles. The van der Waals surface area contributed by atoms with Gasteiger partial charge in [-0.25, -0.2) is 24.7 Å². The van der Waals surface area contributed by atoms with E-state index in [1.807, 2.05) is 0 Å². The fourth-order valence-corrected chi connectivity index (χ4v) is 5.33. The molecule has 2 saturated carbocycles. The van der Waals surface area contributed by atoms with Gasteiger partial charge in [0.2, 0.25) is 0 Å². The van der Waals surface area contributed by atoms with Crippen molar-refractivity contribution in [3.8, 4) is 0 Å². The molecule has 0 atom stereocenters. The second-order valence-electron chi connectivity index (χ2n) is 11.8. The van der Waals surface area contributed by atoms with Gasteiger partial charge in [-0.2, -0.15) is 0 Å². The van der Waals surface area contributed by atoms with E-state index in [1.165, 1.54) is 47.9 Å². The number of ether oxygens (including phenoxy) is 1. The highest BCUT2D eigenvalue weighted by atomic mass is 16.5. The second-order valence-corrected chi connectivity index (χ2v) is 11.8. The molecular formula is C35H39N5O3. The lowest BCUT2D eigenvalue weighted by Crippen LogP contribution is -2.16. The number of carbonyl (C=O) groups excluding carboxylic acids is 2. The number of rotatable bonds is 10. The third-order valence-corrected chi connectivity index (χ3v) is 8.46. The summed E-state index contributed by atoms with van der Waals surface area (Å²) in [5.74, 6) is 1.09. The first kappa shape index (κ1) is 30.2. The van der Waals surface area contributed by atoms with Crippen LogP contribution in [0.2, 0.25) is 0 Å². The van der Waals surface area contributed by atoms with Gasteiger partial charge in [-0.15, -0.1) is 0 Å². The number of hydrogen-bond acceptors (Lipinski definition) is 8. The Bertz CT molecular complexity index is 1540. The lowest BCUT2D eigenvalue weighted by Gasteiger charge is -2.15. The predicted molar refractivity (Wildman–Crippen MR) is 165 cm³/mol. The summed E-state index contributed by atoms with van der Waals surface area (Å²) >= 11 is 0. The second kappa shape index (κ2) is 12.9. The number of aryl methyl sites for hydroxylation is 2. The summed E-state index contributed by atoms with van der Waals surface area (Å²) in [6.45, 7) is 6.33. The SMILES string of the molecule is CCOC(=O)c1cnc(CC2(c3ccc(C)cc3)CC2)nc1.Cc1ccc(C2(Cc3ncc(C(=O)CN)cn3)CC2)cc1. The van der Waals surface area contributed by atoms with E-state index in [1.54, 1.807) is 31.7 Å². The zero-order valence-electron chi connectivity index (χ0n) is 25.2. The molecule has 6 rings (SSSR count). The van der Waals surface area contributed by atoms with Crippen LogP contribution in [0.5, 0.6) is 0 Å². The van der Waals surface area contributed by atoms with E-state index in [0.717, 1.165) is 24.5 Å². The van der Waals surface area contributed by atoms with Gasteiger partial charge in [0, 0.05) is 48.5 Å². The minimum Gasteiger partial charge on any atom is -0.462 e. The summed E-state index contributed by atoms with van der Waals surface area (Å²) in [5.41, 5.74) is 11.9. The molecule has 2 fully saturated rings. The van der Waals surface area contributed by atoms with Crippen LogP contribution in [0.15, 0.2) is 73.3 Å². The molecule has 2 heterocycles. The van der Waals surface area contributed by atoms with Gasteiger partial charge in [-0.1, -0.05) is 59.7 Å². The molecule has 8 nitrogen and oxygen atoms in total. The van der Waals surface area contributed by atoms with Crippen molar-refractivity contribution in [1.82, 2.24) is 19.9 Å². The zero-order valence-corrected chi connectivity index (χ0v) is 25.2. The van der Waals surface area contributed by atoms with Crippen molar-refractivity contribution in [1.29, 1.82) is 0 Å². The Hall–Kier alpha value is -4.30. The largest absolute Gasteiger partial charge is 0.462 e. The van der Waals surface area contributed by atoms with Crippen molar-refractivity contribution in [2.75, 3.05) is 13.2 Å². The van der Waals surface area contributed by atoms with Gasteiger partial charge < -0.3 is 10.5 Å². The standard InChI is InChI=1S/C18H20N2O2.C17H19N3O/c1-3-22-17(21)14-11-19-16(20-12-14)10-18(8-9-18)15-6-4-13(2)5-7-15;1-12-2-4-14(5-3-12)17(6-7-17)8-16-19-10-13(11-20-16)15(21)9-18/h4-7,11-12H,3,8-10H2,1-2H3;2-5,10-11H,6-9,18H2,1H3. The molecule has 0 aliphatic heterocycles. The number of nitrogens with two attached hydrogens (primary N) is 1. The Morgan fingerprint density at radius 3 is 1.44 bits per heavy atom. The van der Waals surface area contributed by atoms with Gasteiger partial charge in [0.05, 0.1) is 24.3 Å². The van der Waals surface area contributed by atoms with E-state index in [9.17, 15) is 9.59 Å². The van der Waals surface area contributed by atoms with Crippen LogP contribution >= 0.6 is 0 Å². The molecular weight excluding hydrogens is 538 g/mol. The van der Waals surface area contributed by atoms with Crippen molar-refractivity contribution in [3.63, 3.8) is 0 Å². The highest BCUT2D eigenvalue weighted by molar-refractivity contribution is 5.96. The van der Waals surface area contributed by atoms with Gasteiger partial charge in [0.15, 0.2) is 5.78 Å². The first-order valence-electron chi connectivity index (χ1n) is 14.9. The Balaban J connectivity index is 0.000000171. The fourth-order valence-electron chi connectivity index (χ4n) is 5.33. The van der Waals surface area contributed by atoms with Crippen molar-refractivity contribution in [2.45, 2.75) is 70.1 Å². The number of benzene rings is 2. The number of carbonyl (C=O) groups is 2. The smallest absolute Gasteiger partial charge is 0.341 e. The number of ketones is 1. The minimum absolute atomic E-state index is 0.00396. The molecule has 43 heavy (non-hydrogen) atoms. The third-order valence-electron chi connectivity index (χ3n) is 8.46. The lowest BCUT2D eigenvalue weighted by atomic mass is 9.91. The Morgan fingerprint density at radius 2 is 1.09 bits per heavy atom. The van der Waals surface area contributed by atoms with Crippen molar-refractivity contribution in [2.24, 2.45) is 5.73 Å². The molecule has 2 aromatic heterocycles. The quantitative estimate of drug-likeness (QED) is 0.195. The molecule has 0 bridgehead atoms. The summed E-state index contributed by atoms with van der Waals surface area (Å²) in [5, 5.41) is 0. The van der Waals surface area contributed by atoms with Gasteiger partial charge in [0.25, 0.3) is 0 Å². The van der Waals surface area contributed by atoms with Crippen LogP contribution in [0.1, 0.15) is 87.2 Å². The van der Waals surface area contributed by atoms with E-state index in [2.05, 4.69) is 82.3 Å². The molecule has 0 radical (unpaired) electrons. The van der Waals surface area contributed by atoms with E-state index in [4.69, 9.17) is 10.5 Å². The summed E-state index contributed by atoms with van der Waals surface area (Å²) in [6, 6.07) is 17.4. The Labute approximate surface area is 253 Å². The maximum Gasteiger partial charge on any atom is 0.341 e. The number of aromatic nitrogens is 4. The molecule has 4 aromatic rings. The Morgan fingerprint density at radius 1 is 0.698 bits per heavy atom. The van der Waals surface area contributed by atoms with E-state index < -0.39 is 0 Å². The Kier molecular flexibility index (Phi) is 9.06. The van der Waals surface area contributed by atoms with Crippen LogP contribution in [-0.2, 0) is 28.4 Å². The van der Waals surface area contributed by atoms with Gasteiger partial charge >= 0.3 is 5.97 Å². The molecule has 0 spiro atoms. The van der Waals surface area contributed by atoms with Crippen LogP contribution in [0.25, 0.3) is 0 Å². The number of nitrogens with zero attached hydrogens (tertiary/aromatic N) is 4. The minimum atomic E-state index is -0.367. The van der Waals surface area contributed by atoms with E-state index in [0.29, 0.717) is 17.7 Å². The number of esters is 1. The van der Waals surface area contributed by atoms with Crippen molar-refractivity contribution < 1.29 is 14.3 Å². The van der Waals surface area contributed by atoms with E-state index in [-0.39, 0.29) is 29.1 Å². The first-order valence-corrected chi connectivity index (χ1v) is 14.9. The molecule has 2 aromatic carbocycles. The molecule has 0 unspecified atom stereocenters. The average Bonchev–Trinajstić information content (AvgIpc) is 3.97. The monoisotopic (exact) mass is 577 g/mol. The highest BCUT2D eigenvalue weighted by Gasteiger charge is 2.45. The van der Waals surface area contributed by atoms with Gasteiger partial charge in [-0.05, 0) is 57.6 Å². The molecule has 0 amide bonds. The van der Waals surface area contributed by atoms with Gasteiger partial charge in [0.1, 0.15) is 11.6 Å². The number of Topliss-reactive ketones (excluding diaryl/α,β-unsaturated/α-hetero) is 1. The first-order chi connectivity index (χ1) is 20.8. The lowest BCUT2D eigenvalue weighted by molar-refractivity contribution is 0.0525. The van der Waals surface area contributed by atoms with Crippen LogP contribution in [0, 0.1) is 13.8 Å². The average molecular weight is 578 g/mol. The molecule has 0 saturated heterocycles. The van der Waals surface area contributed by atoms with Crippen molar-refractivity contribution >= 4 is 11.8 Å². The zero-order chi connectivity index (χ0) is 30.5.